The first-order valence-corrected chi connectivity index (χ1v) is 11.3. The molecule has 0 saturated heterocycles. The minimum Gasteiger partial charge on any atom is -0.460 e. The van der Waals surface area contributed by atoms with Gasteiger partial charge in [0.15, 0.2) is 0 Å². The number of benzene rings is 1. The lowest BCUT2D eigenvalue weighted by Crippen LogP contribution is -2.45. The van der Waals surface area contributed by atoms with Crippen molar-refractivity contribution in [1.82, 2.24) is 5.32 Å². The monoisotopic (exact) mass is 504 g/mol. The number of hydrogen-bond acceptors (Lipinski definition) is 5. The second kappa shape index (κ2) is 11.0. The number of carbonyl (C=O) groups excluding carboxylic acids is 3. The van der Waals surface area contributed by atoms with Crippen LogP contribution in [0.3, 0.4) is 0 Å². The van der Waals surface area contributed by atoms with Crippen molar-refractivity contribution in [2.24, 2.45) is 0 Å². The first kappa shape index (κ1) is 26.7. The summed E-state index contributed by atoms with van der Waals surface area (Å²) in [6.45, 7) is 5.05. The predicted octanol–water partition coefficient (Wildman–Crippen LogP) is 4.93. The summed E-state index contributed by atoms with van der Waals surface area (Å²) in [5.74, 6) is -2.50. The van der Waals surface area contributed by atoms with Crippen LogP contribution in [-0.2, 0) is 25.3 Å². The fourth-order valence-corrected chi connectivity index (χ4v) is 3.87. The third-order valence-electron chi connectivity index (χ3n) is 4.20. The Morgan fingerprint density at radius 3 is 2.39 bits per heavy atom. The molecule has 33 heavy (non-hydrogen) atoms. The van der Waals surface area contributed by atoms with Gasteiger partial charge in [-0.1, -0.05) is 12.1 Å². The molecule has 2 amide bonds. The van der Waals surface area contributed by atoms with Crippen LogP contribution in [0, 0.1) is 0 Å². The molecule has 1 heterocycles. The van der Waals surface area contributed by atoms with Gasteiger partial charge in [0.25, 0.3) is 0 Å². The van der Waals surface area contributed by atoms with Gasteiger partial charge < -0.3 is 10.1 Å². The number of nitrogens with zero attached hydrogens (tertiary/aromatic N) is 1. The molecule has 0 radical (unpaired) electrons. The molecule has 0 aliphatic heterocycles. The molecule has 1 aromatic heterocycles. The standard InChI is InChI=1S/C22H24ClF3N2O4S/c1-21(2,3)32-18(30)9-10-27-20(31)19(16-8-5-11-33-16)28(17(29)13-23)15-7-4-6-14(12-15)22(24,25)26/h4-8,11-12,19H,9-10,13H2,1-3H3,(H,27,31). The van der Waals surface area contributed by atoms with Gasteiger partial charge in [0, 0.05) is 17.1 Å². The van der Waals surface area contributed by atoms with Gasteiger partial charge in [-0.2, -0.15) is 13.2 Å². The highest BCUT2D eigenvalue weighted by atomic mass is 35.5. The van der Waals surface area contributed by atoms with Crippen LogP contribution in [0.2, 0.25) is 0 Å². The Morgan fingerprint density at radius 2 is 1.85 bits per heavy atom. The molecule has 180 valence electrons. The van der Waals surface area contributed by atoms with Crippen molar-refractivity contribution < 1.29 is 32.3 Å². The van der Waals surface area contributed by atoms with Crippen LogP contribution >= 0.6 is 22.9 Å². The summed E-state index contributed by atoms with van der Waals surface area (Å²) in [6, 6.07) is 6.07. The summed E-state index contributed by atoms with van der Waals surface area (Å²) in [7, 11) is 0. The van der Waals surface area contributed by atoms with E-state index in [1.165, 1.54) is 6.07 Å². The smallest absolute Gasteiger partial charge is 0.416 e. The van der Waals surface area contributed by atoms with E-state index in [0.29, 0.717) is 4.88 Å². The van der Waals surface area contributed by atoms with E-state index in [1.807, 2.05) is 0 Å². The topological polar surface area (TPSA) is 75.7 Å². The Hall–Kier alpha value is -2.59. The van der Waals surface area contributed by atoms with Gasteiger partial charge in [-0.25, -0.2) is 0 Å². The van der Waals surface area contributed by atoms with Crippen LogP contribution in [-0.4, -0.2) is 35.8 Å². The molecule has 1 atom stereocenters. The SMILES string of the molecule is CC(C)(C)OC(=O)CCNC(=O)C(c1cccs1)N(C(=O)CCl)c1cccc(C(F)(F)F)c1. The second-order valence-corrected chi connectivity index (χ2v) is 9.24. The maximum Gasteiger partial charge on any atom is 0.416 e. The number of nitrogens with one attached hydrogen (secondary N) is 1. The zero-order valence-corrected chi connectivity index (χ0v) is 19.8. The number of anilines is 1. The summed E-state index contributed by atoms with van der Waals surface area (Å²) >= 11 is 6.90. The number of rotatable bonds is 8. The molecule has 0 saturated carbocycles. The number of halogens is 4. The third kappa shape index (κ3) is 7.75. The Kier molecular flexibility index (Phi) is 8.90. The molecule has 2 aromatic rings. The van der Waals surface area contributed by atoms with Gasteiger partial charge in [0.1, 0.15) is 17.5 Å². The van der Waals surface area contributed by atoms with Crippen LogP contribution in [0.1, 0.15) is 43.7 Å². The Morgan fingerprint density at radius 1 is 1.15 bits per heavy atom. The van der Waals surface area contributed by atoms with Crippen LogP contribution in [0.5, 0.6) is 0 Å². The van der Waals surface area contributed by atoms with E-state index < -0.39 is 47.0 Å². The number of amides is 2. The van der Waals surface area contributed by atoms with Crippen molar-refractivity contribution in [1.29, 1.82) is 0 Å². The van der Waals surface area contributed by atoms with Crippen LogP contribution in [0.15, 0.2) is 41.8 Å². The van der Waals surface area contributed by atoms with Crippen molar-refractivity contribution >= 4 is 46.4 Å². The fourth-order valence-electron chi connectivity index (χ4n) is 2.93. The first-order valence-electron chi connectivity index (χ1n) is 9.91. The van der Waals surface area contributed by atoms with Crippen molar-refractivity contribution in [3.8, 4) is 0 Å². The number of thiophene rings is 1. The average molecular weight is 505 g/mol. The van der Waals surface area contributed by atoms with Crippen LogP contribution in [0.4, 0.5) is 18.9 Å². The minimum atomic E-state index is -4.64. The number of ether oxygens (including phenoxy) is 1. The van der Waals surface area contributed by atoms with Gasteiger partial charge in [0.05, 0.1) is 12.0 Å². The van der Waals surface area contributed by atoms with E-state index in [4.69, 9.17) is 16.3 Å². The molecule has 11 heteroatoms. The predicted molar refractivity (Wildman–Crippen MR) is 120 cm³/mol. The van der Waals surface area contributed by atoms with Gasteiger partial charge >= 0.3 is 12.1 Å². The van der Waals surface area contributed by atoms with Crippen LogP contribution < -0.4 is 10.2 Å². The quantitative estimate of drug-likeness (QED) is 0.408. The van der Waals surface area contributed by atoms with Crippen molar-refractivity contribution in [3.05, 3.63) is 52.2 Å². The zero-order valence-electron chi connectivity index (χ0n) is 18.2. The summed E-state index contributed by atoms with van der Waals surface area (Å²) < 4.78 is 45.0. The van der Waals surface area contributed by atoms with Crippen molar-refractivity contribution in [3.63, 3.8) is 0 Å². The van der Waals surface area contributed by atoms with E-state index in [1.54, 1.807) is 38.3 Å². The Labute approximate surface area is 198 Å². The van der Waals surface area contributed by atoms with Crippen molar-refractivity contribution in [2.75, 3.05) is 17.3 Å². The highest BCUT2D eigenvalue weighted by Gasteiger charge is 2.36. The van der Waals surface area contributed by atoms with E-state index in [9.17, 15) is 27.6 Å². The normalized spacial score (nSPS) is 12.7. The maximum absolute atomic E-state index is 13.3. The van der Waals surface area contributed by atoms with Crippen molar-refractivity contribution in [2.45, 2.75) is 45.0 Å². The molecule has 0 aliphatic rings. The maximum atomic E-state index is 13.3. The molecule has 2 rings (SSSR count). The molecule has 0 bridgehead atoms. The van der Waals surface area contributed by atoms with E-state index >= 15 is 0 Å². The van der Waals surface area contributed by atoms with Gasteiger partial charge in [-0.05, 0) is 50.4 Å². The Balaban J connectivity index is 2.34. The largest absolute Gasteiger partial charge is 0.460 e. The highest BCUT2D eigenvalue weighted by molar-refractivity contribution is 7.10. The fraction of sp³-hybridized carbons (Fsp3) is 0.409. The highest BCUT2D eigenvalue weighted by Crippen LogP contribution is 2.35. The van der Waals surface area contributed by atoms with E-state index in [0.717, 1.165) is 34.4 Å². The summed E-state index contributed by atoms with van der Waals surface area (Å²) in [6.07, 6.45) is -4.76. The first-order chi connectivity index (χ1) is 15.3. The number of carbonyl (C=O) groups is 3. The molecular weight excluding hydrogens is 481 g/mol. The molecule has 1 unspecified atom stereocenters. The molecular formula is C22H24ClF3N2O4S. The lowest BCUT2D eigenvalue weighted by Gasteiger charge is -2.30. The molecule has 1 aromatic carbocycles. The molecule has 6 nitrogen and oxygen atoms in total. The summed E-state index contributed by atoms with van der Waals surface area (Å²) in [5, 5.41) is 4.24. The molecule has 0 spiro atoms. The Bertz CT molecular complexity index is 975. The third-order valence-corrected chi connectivity index (χ3v) is 5.36. The molecule has 1 N–H and O–H groups in total. The zero-order chi connectivity index (χ0) is 24.8. The number of hydrogen-bond donors (Lipinski definition) is 1. The van der Waals surface area contributed by atoms with Gasteiger partial charge in [-0.3, -0.25) is 19.3 Å². The second-order valence-electron chi connectivity index (χ2n) is 7.99. The van der Waals surface area contributed by atoms with Crippen LogP contribution in [0.25, 0.3) is 0 Å². The van der Waals surface area contributed by atoms with Gasteiger partial charge in [-0.15, -0.1) is 22.9 Å². The van der Waals surface area contributed by atoms with E-state index in [-0.39, 0.29) is 18.7 Å². The average Bonchev–Trinajstić information content (AvgIpc) is 3.23. The van der Waals surface area contributed by atoms with E-state index in [2.05, 4.69) is 5.32 Å². The summed E-state index contributed by atoms with van der Waals surface area (Å²) in [5.41, 5.74) is -1.79. The van der Waals surface area contributed by atoms with Gasteiger partial charge in [0.2, 0.25) is 11.8 Å². The lowest BCUT2D eigenvalue weighted by atomic mass is 10.1. The summed E-state index contributed by atoms with van der Waals surface area (Å²) in [4.78, 5) is 39.1. The molecule has 0 fully saturated rings. The molecule has 0 aliphatic carbocycles. The minimum absolute atomic E-state index is 0.0822. The number of alkyl halides is 4. The lowest BCUT2D eigenvalue weighted by molar-refractivity contribution is -0.154. The number of esters is 1.